The number of rotatable bonds is 6. The zero-order chi connectivity index (χ0) is 16.7. The van der Waals surface area contributed by atoms with Crippen molar-refractivity contribution in [2.75, 3.05) is 27.7 Å². The van der Waals surface area contributed by atoms with Gasteiger partial charge in [0.1, 0.15) is 0 Å². The third-order valence-electron chi connectivity index (χ3n) is 4.43. The van der Waals surface area contributed by atoms with E-state index in [0.29, 0.717) is 12.1 Å². The quantitative estimate of drug-likeness (QED) is 0.307. The maximum Gasteiger partial charge on any atom is 0.191 e. The Hall–Kier alpha value is -1.08. The third-order valence-corrected chi connectivity index (χ3v) is 4.43. The zero-order valence-corrected chi connectivity index (χ0v) is 17.6. The summed E-state index contributed by atoms with van der Waals surface area (Å²) in [6.45, 7) is 3.02. The number of aliphatic imine (C=N–C) groups is 1. The summed E-state index contributed by atoms with van der Waals surface area (Å²) >= 11 is 0. The number of benzene rings is 1. The van der Waals surface area contributed by atoms with E-state index < -0.39 is 0 Å². The summed E-state index contributed by atoms with van der Waals surface area (Å²) < 4.78 is 0. The van der Waals surface area contributed by atoms with Gasteiger partial charge < -0.3 is 15.5 Å². The summed E-state index contributed by atoms with van der Waals surface area (Å²) in [7, 11) is 6.08. The number of aryl methyl sites for hydroxylation is 1. The molecule has 2 N–H and O–H groups in total. The minimum absolute atomic E-state index is 0. The van der Waals surface area contributed by atoms with E-state index in [9.17, 15) is 0 Å². The second-order valence-corrected chi connectivity index (χ2v) is 6.31. The zero-order valence-electron chi connectivity index (χ0n) is 15.2. The predicted molar refractivity (Wildman–Crippen MR) is 114 cm³/mol. The SMILES string of the molecule is CCc1ccc(C(CNC(=NC)NC2CC=CC2)N(C)C)cc1.I. The summed E-state index contributed by atoms with van der Waals surface area (Å²) in [6, 6.07) is 9.72. The van der Waals surface area contributed by atoms with E-state index in [1.54, 1.807) is 0 Å². The molecule has 134 valence electrons. The van der Waals surface area contributed by atoms with Gasteiger partial charge in [-0.3, -0.25) is 4.99 Å². The number of hydrogen-bond acceptors (Lipinski definition) is 2. The van der Waals surface area contributed by atoms with Gasteiger partial charge in [0, 0.05) is 19.6 Å². The summed E-state index contributed by atoms with van der Waals surface area (Å²) in [4.78, 5) is 6.60. The standard InChI is InChI=1S/C19H30N4.HI/c1-5-15-10-12-16(13-11-15)18(23(3)4)14-21-19(20-2)22-17-8-6-7-9-17;/h6-7,10-13,17-18H,5,8-9,14H2,1-4H3,(H2,20,21,22);1H. The van der Waals surface area contributed by atoms with Crippen LogP contribution in [-0.4, -0.2) is 44.6 Å². The van der Waals surface area contributed by atoms with Crippen molar-refractivity contribution in [3.8, 4) is 0 Å². The molecule has 1 aromatic rings. The largest absolute Gasteiger partial charge is 0.354 e. The Morgan fingerprint density at radius 3 is 2.33 bits per heavy atom. The minimum atomic E-state index is 0. The van der Waals surface area contributed by atoms with Crippen molar-refractivity contribution in [1.82, 2.24) is 15.5 Å². The maximum absolute atomic E-state index is 4.35. The molecule has 0 saturated carbocycles. The van der Waals surface area contributed by atoms with Crippen molar-refractivity contribution in [3.05, 3.63) is 47.5 Å². The fraction of sp³-hybridized carbons (Fsp3) is 0.526. The summed E-state index contributed by atoms with van der Waals surface area (Å²) in [5, 5.41) is 6.96. The fourth-order valence-corrected chi connectivity index (χ4v) is 2.89. The Bertz CT molecular complexity index is 529. The highest BCUT2D eigenvalue weighted by atomic mass is 127. The van der Waals surface area contributed by atoms with Crippen LogP contribution in [0.5, 0.6) is 0 Å². The van der Waals surface area contributed by atoms with Crippen LogP contribution in [-0.2, 0) is 6.42 Å². The molecular formula is C19H31IN4. The first-order chi connectivity index (χ1) is 11.1. The summed E-state index contributed by atoms with van der Waals surface area (Å²) in [6.07, 6.45) is 7.69. The molecule has 0 aliphatic heterocycles. The van der Waals surface area contributed by atoms with Crippen LogP contribution >= 0.6 is 24.0 Å². The molecule has 2 rings (SSSR count). The smallest absolute Gasteiger partial charge is 0.191 e. The lowest BCUT2D eigenvalue weighted by Crippen LogP contribution is -2.45. The highest BCUT2D eigenvalue weighted by Crippen LogP contribution is 2.18. The Morgan fingerprint density at radius 1 is 1.21 bits per heavy atom. The Kier molecular flexibility index (Phi) is 9.36. The summed E-state index contributed by atoms with van der Waals surface area (Å²) in [5.74, 6) is 0.885. The van der Waals surface area contributed by atoms with Gasteiger partial charge in [-0.05, 0) is 44.5 Å². The van der Waals surface area contributed by atoms with Crippen LogP contribution in [0.1, 0.15) is 36.9 Å². The van der Waals surface area contributed by atoms with E-state index in [1.807, 2.05) is 7.05 Å². The molecule has 1 aliphatic rings. The number of likely N-dealkylation sites (N-methyl/N-ethyl adjacent to an activating group) is 1. The molecule has 0 heterocycles. The van der Waals surface area contributed by atoms with Crippen molar-refractivity contribution in [2.24, 2.45) is 4.99 Å². The average Bonchev–Trinajstić information content (AvgIpc) is 3.07. The summed E-state index contributed by atoms with van der Waals surface area (Å²) in [5.41, 5.74) is 2.71. The molecule has 24 heavy (non-hydrogen) atoms. The Balaban J connectivity index is 0.00000288. The molecule has 1 atom stereocenters. The molecule has 0 radical (unpaired) electrons. The van der Waals surface area contributed by atoms with Crippen molar-refractivity contribution >= 4 is 29.9 Å². The van der Waals surface area contributed by atoms with Gasteiger partial charge in [0.25, 0.3) is 0 Å². The van der Waals surface area contributed by atoms with Gasteiger partial charge in [0.05, 0.1) is 6.04 Å². The van der Waals surface area contributed by atoms with Crippen LogP contribution in [0.15, 0.2) is 41.4 Å². The number of nitrogens with zero attached hydrogens (tertiary/aromatic N) is 2. The van der Waals surface area contributed by atoms with Gasteiger partial charge in [-0.15, -0.1) is 24.0 Å². The van der Waals surface area contributed by atoms with Crippen LogP contribution in [0.25, 0.3) is 0 Å². The number of nitrogens with one attached hydrogen (secondary N) is 2. The van der Waals surface area contributed by atoms with Crippen molar-refractivity contribution in [2.45, 2.75) is 38.3 Å². The molecule has 0 saturated heterocycles. The molecule has 0 bridgehead atoms. The number of hydrogen-bond donors (Lipinski definition) is 2. The van der Waals surface area contributed by atoms with Gasteiger partial charge in [0.2, 0.25) is 0 Å². The Labute approximate surface area is 163 Å². The topological polar surface area (TPSA) is 39.7 Å². The van der Waals surface area contributed by atoms with Crippen molar-refractivity contribution in [3.63, 3.8) is 0 Å². The monoisotopic (exact) mass is 442 g/mol. The molecular weight excluding hydrogens is 411 g/mol. The second-order valence-electron chi connectivity index (χ2n) is 6.31. The molecule has 5 heteroatoms. The molecule has 1 unspecified atom stereocenters. The molecule has 0 aromatic heterocycles. The van der Waals surface area contributed by atoms with Crippen molar-refractivity contribution < 1.29 is 0 Å². The van der Waals surface area contributed by atoms with Gasteiger partial charge in [-0.1, -0.05) is 43.3 Å². The molecule has 0 fully saturated rings. The van der Waals surface area contributed by atoms with Gasteiger partial charge >= 0.3 is 0 Å². The first-order valence-electron chi connectivity index (χ1n) is 8.51. The van der Waals surface area contributed by atoms with E-state index in [2.05, 4.69) is 78.0 Å². The first kappa shape index (κ1) is 21.0. The van der Waals surface area contributed by atoms with E-state index in [0.717, 1.165) is 31.8 Å². The highest BCUT2D eigenvalue weighted by molar-refractivity contribution is 14.0. The lowest BCUT2D eigenvalue weighted by atomic mass is 10.0. The molecule has 4 nitrogen and oxygen atoms in total. The van der Waals surface area contributed by atoms with Gasteiger partial charge in [-0.2, -0.15) is 0 Å². The molecule has 1 aromatic carbocycles. The van der Waals surface area contributed by atoms with E-state index >= 15 is 0 Å². The molecule has 1 aliphatic carbocycles. The van der Waals surface area contributed by atoms with E-state index in [4.69, 9.17) is 0 Å². The highest BCUT2D eigenvalue weighted by Gasteiger charge is 2.16. The van der Waals surface area contributed by atoms with Gasteiger partial charge in [0.15, 0.2) is 5.96 Å². The van der Waals surface area contributed by atoms with Crippen LogP contribution in [0.3, 0.4) is 0 Å². The van der Waals surface area contributed by atoms with E-state index in [1.165, 1.54) is 11.1 Å². The average molecular weight is 442 g/mol. The van der Waals surface area contributed by atoms with Crippen molar-refractivity contribution in [1.29, 1.82) is 0 Å². The Morgan fingerprint density at radius 2 is 1.83 bits per heavy atom. The van der Waals surface area contributed by atoms with Crippen LogP contribution in [0, 0.1) is 0 Å². The third kappa shape index (κ3) is 6.09. The normalized spacial score (nSPS) is 16.1. The molecule has 0 spiro atoms. The van der Waals surface area contributed by atoms with Crippen LogP contribution in [0.4, 0.5) is 0 Å². The number of guanidine groups is 1. The lowest BCUT2D eigenvalue weighted by Gasteiger charge is -2.27. The lowest BCUT2D eigenvalue weighted by molar-refractivity contribution is 0.298. The second kappa shape index (κ2) is 10.7. The van der Waals surface area contributed by atoms with E-state index in [-0.39, 0.29) is 24.0 Å². The molecule has 0 amide bonds. The van der Waals surface area contributed by atoms with Gasteiger partial charge in [-0.25, -0.2) is 0 Å². The van der Waals surface area contributed by atoms with Crippen LogP contribution < -0.4 is 10.6 Å². The maximum atomic E-state index is 4.35. The minimum Gasteiger partial charge on any atom is -0.354 e. The fourth-order valence-electron chi connectivity index (χ4n) is 2.89. The van der Waals surface area contributed by atoms with Crippen LogP contribution in [0.2, 0.25) is 0 Å². The first-order valence-corrected chi connectivity index (χ1v) is 8.51. The number of halogens is 1. The predicted octanol–water partition coefficient (Wildman–Crippen LogP) is 3.35.